The smallest absolute Gasteiger partial charge is 0.246 e. The molecule has 12 heteroatoms. The van der Waals surface area contributed by atoms with E-state index in [0.29, 0.717) is 34.5 Å². The molecule has 0 fully saturated rings. The van der Waals surface area contributed by atoms with Crippen LogP contribution in [0.1, 0.15) is 76.0 Å². The highest BCUT2D eigenvalue weighted by Gasteiger charge is 2.39. The second-order valence-corrected chi connectivity index (χ2v) is 17.7. The lowest BCUT2D eigenvalue weighted by Gasteiger charge is -2.39. The van der Waals surface area contributed by atoms with Crippen molar-refractivity contribution >= 4 is 36.7 Å². The summed E-state index contributed by atoms with van der Waals surface area (Å²) in [5.41, 5.74) is 2.18. The molecule has 0 saturated carbocycles. The first-order chi connectivity index (χ1) is 19.1. The molecule has 0 bridgehead atoms. The monoisotopic (exact) mass is 576 g/mol. The fourth-order valence-electron chi connectivity index (χ4n) is 4.04. The average Bonchev–Trinajstić information content (AvgIpc) is 3.52. The first kappa shape index (κ1) is 30.2. The molecule has 11 nitrogen and oxygen atoms in total. The molecule has 0 radical (unpaired) electrons. The Morgan fingerprint density at radius 3 is 2.44 bits per heavy atom. The molecule has 1 N–H and O–H groups in total. The second kappa shape index (κ2) is 11.2. The van der Waals surface area contributed by atoms with E-state index in [4.69, 9.17) is 4.43 Å². The second-order valence-electron chi connectivity index (χ2n) is 12.9. The third kappa shape index (κ3) is 6.59. The minimum Gasteiger partial charge on any atom is -0.414 e. The van der Waals surface area contributed by atoms with E-state index in [2.05, 4.69) is 78.3 Å². The van der Waals surface area contributed by atoms with Gasteiger partial charge in [-0.2, -0.15) is 0 Å². The van der Waals surface area contributed by atoms with Crippen LogP contribution in [0.4, 0.5) is 5.69 Å². The summed E-state index contributed by atoms with van der Waals surface area (Å²) in [7, 11) is -2.00. The Kier molecular flexibility index (Phi) is 8.28. The summed E-state index contributed by atoms with van der Waals surface area (Å²) in [6.07, 6.45) is 9.69. The van der Waals surface area contributed by atoms with Gasteiger partial charge in [0.25, 0.3) is 0 Å². The average molecular weight is 577 g/mol. The maximum atomic E-state index is 13.8. The number of nitrogens with zero attached hydrogens (tertiary/aromatic N) is 7. The maximum absolute atomic E-state index is 13.8. The molecule has 4 aromatic rings. The quantitative estimate of drug-likeness (QED) is 0.202. The molecule has 0 aliphatic carbocycles. The van der Waals surface area contributed by atoms with Gasteiger partial charge in [-0.1, -0.05) is 39.8 Å². The molecule has 0 aliphatic heterocycles. The minimum absolute atomic E-state index is 0.00521. The van der Waals surface area contributed by atoms with Crippen LogP contribution in [0.15, 0.2) is 43.4 Å². The van der Waals surface area contributed by atoms with Crippen LogP contribution in [0, 0.1) is 0 Å². The zero-order valence-corrected chi connectivity index (χ0v) is 26.4. The van der Waals surface area contributed by atoms with Crippen LogP contribution in [-0.2, 0) is 21.3 Å². The van der Waals surface area contributed by atoms with E-state index in [1.807, 2.05) is 24.6 Å². The van der Waals surface area contributed by atoms with Crippen molar-refractivity contribution in [2.75, 3.05) is 11.9 Å². The summed E-state index contributed by atoms with van der Waals surface area (Å²) in [5.74, 6) is -0.332. The molecule has 218 valence electrons. The Morgan fingerprint density at radius 1 is 1.05 bits per heavy atom. The minimum atomic E-state index is -2.00. The van der Waals surface area contributed by atoms with Crippen LogP contribution < -0.4 is 5.32 Å². The highest BCUT2D eigenvalue weighted by atomic mass is 28.4. The zero-order chi connectivity index (χ0) is 30.2. The fraction of sp³-hybridized carbons (Fsp3) is 0.483. The van der Waals surface area contributed by atoms with E-state index in [9.17, 15) is 9.59 Å². The van der Waals surface area contributed by atoms with Crippen molar-refractivity contribution in [1.82, 2.24) is 34.5 Å². The molecule has 41 heavy (non-hydrogen) atoms. The number of fused-ring (bicyclic) bond motifs is 1. The van der Waals surface area contributed by atoms with Crippen LogP contribution >= 0.6 is 0 Å². The summed E-state index contributed by atoms with van der Waals surface area (Å²) >= 11 is 0. The van der Waals surface area contributed by atoms with Gasteiger partial charge in [-0.25, -0.2) is 14.6 Å². The number of carbonyl (C=O) groups excluding carboxylic acids is 2. The molecule has 4 aromatic heterocycles. The molecule has 0 atom stereocenters. The van der Waals surface area contributed by atoms with E-state index in [-0.39, 0.29) is 29.2 Å². The largest absolute Gasteiger partial charge is 0.414 e. The van der Waals surface area contributed by atoms with Crippen molar-refractivity contribution < 1.29 is 14.0 Å². The zero-order valence-electron chi connectivity index (χ0n) is 25.4. The number of anilines is 1. The van der Waals surface area contributed by atoms with Crippen molar-refractivity contribution in [1.29, 1.82) is 0 Å². The van der Waals surface area contributed by atoms with Crippen molar-refractivity contribution in [2.24, 2.45) is 0 Å². The van der Waals surface area contributed by atoms with Gasteiger partial charge in [0.15, 0.2) is 14.1 Å². The molecule has 4 rings (SSSR count). The van der Waals surface area contributed by atoms with Gasteiger partial charge in [0, 0.05) is 35.7 Å². The van der Waals surface area contributed by atoms with Gasteiger partial charge < -0.3 is 14.3 Å². The van der Waals surface area contributed by atoms with Crippen LogP contribution in [0.2, 0.25) is 18.1 Å². The van der Waals surface area contributed by atoms with E-state index in [0.717, 1.165) is 5.69 Å². The number of carbonyl (C=O) groups is 2. The van der Waals surface area contributed by atoms with E-state index in [1.165, 1.54) is 23.4 Å². The first-order valence-corrected chi connectivity index (χ1v) is 16.6. The number of pyridine rings is 1. The van der Waals surface area contributed by atoms with Crippen molar-refractivity contribution in [3.8, 4) is 0 Å². The summed E-state index contributed by atoms with van der Waals surface area (Å²) in [5, 5.41) is 11.6. The standard InChI is InChI=1S/C29H40N8O3Si/c1-19(2)24-15-36(35-34-24)16-25(38)33-21-10-20(11-30-12-21)26(39)23-14-37(27-22(23)13-31-18-32-27)29(6,7)17-40-41(8,9)28(3,4)5/h10-15,18-19H,16-17H2,1-9H3,(H,33,38). The van der Waals surface area contributed by atoms with Crippen molar-refractivity contribution in [3.05, 3.63) is 60.2 Å². The third-order valence-corrected chi connectivity index (χ3v) is 12.2. The Morgan fingerprint density at radius 2 is 1.78 bits per heavy atom. The lowest BCUT2D eigenvalue weighted by Crippen LogP contribution is -2.45. The third-order valence-electron chi connectivity index (χ3n) is 7.69. The molecule has 0 aromatic carbocycles. The van der Waals surface area contributed by atoms with Gasteiger partial charge in [0.05, 0.1) is 35.3 Å². The van der Waals surface area contributed by atoms with Gasteiger partial charge in [-0.3, -0.25) is 14.6 Å². The maximum Gasteiger partial charge on any atom is 0.246 e. The number of aromatic nitrogens is 7. The highest BCUT2D eigenvalue weighted by Crippen LogP contribution is 2.38. The van der Waals surface area contributed by atoms with Crippen LogP contribution in [0.3, 0.4) is 0 Å². The Hall–Kier alpha value is -3.77. The van der Waals surface area contributed by atoms with Gasteiger partial charge in [-0.05, 0) is 44.0 Å². The van der Waals surface area contributed by atoms with Crippen molar-refractivity contribution in [3.63, 3.8) is 0 Å². The number of amides is 1. The van der Waals surface area contributed by atoms with Gasteiger partial charge in [0.1, 0.15) is 18.5 Å². The number of hydrogen-bond donors (Lipinski definition) is 1. The number of rotatable bonds is 10. The molecule has 0 unspecified atom stereocenters. The van der Waals surface area contributed by atoms with Crippen LogP contribution in [0.5, 0.6) is 0 Å². The lowest BCUT2D eigenvalue weighted by atomic mass is 10.1. The first-order valence-electron chi connectivity index (χ1n) is 13.7. The van der Waals surface area contributed by atoms with Gasteiger partial charge in [-0.15, -0.1) is 5.10 Å². The fourth-order valence-corrected chi connectivity index (χ4v) is 5.19. The Labute approximate surface area is 241 Å². The number of ketones is 1. The molecule has 4 heterocycles. The predicted molar refractivity (Wildman–Crippen MR) is 160 cm³/mol. The summed E-state index contributed by atoms with van der Waals surface area (Å²) in [6, 6.07) is 1.62. The summed E-state index contributed by atoms with van der Waals surface area (Å²) < 4.78 is 10.0. The van der Waals surface area contributed by atoms with E-state index >= 15 is 0 Å². The summed E-state index contributed by atoms with van der Waals surface area (Å²) in [4.78, 5) is 39.3. The van der Waals surface area contributed by atoms with Gasteiger partial charge in [0.2, 0.25) is 5.91 Å². The highest BCUT2D eigenvalue weighted by molar-refractivity contribution is 6.74. The molecule has 0 saturated heterocycles. The van der Waals surface area contributed by atoms with Crippen molar-refractivity contribution in [2.45, 2.75) is 84.6 Å². The molecular weight excluding hydrogens is 536 g/mol. The number of nitrogens with one attached hydrogen (secondary N) is 1. The normalized spacial score (nSPS) is 12.7. The Balaban J connectivity index is 1.57. The topological polar surface area (TPSA) is 130 Å². The Bertz CT molecular complexity index is 1570. The summed E-state index contributed by atoms with van der Waals surface area (Å²) in [6.45, 7) is 19.7. The van der Waals surface area contributed by atoms with E-state index < -0.39 is 13.9 Å². The molecule has 1 amide bonds. The van der Waals surface area contributed by atoms with Crippen LogP contribution in [0.25, 0.3) is 11.0 Å². The number of hydrogen-bond acceptors (Lipinski definition) is 8. The molecule has 0 spiro atoms. The van der Waals surface area contributed by atoms with Gasteiger partial charge >= 0.3 is 0 Å². The van der Waals surface area contributed by atoms with E-state index in [1.54, 1.807) is 18.5 Å². The SMILES string of the molecule is CC(C)c1cn(CC(=O)Nc2cncc(C(=O)c3cn(C(C)(C)CO[Si](C)(C)C(C)(C)C)c4ncncc34)c2)nn1. The predicted octanol–water partition coefficient (Wildman–Crippen LogP) is 5.17. The molecular formula is C29H40N8O3Si. The molecule has 0 aliphatic rings. The lowest BCUT2D eigenvalue weighted by molar-refractivity contribution is -0.116. The van der Waals surface area contributed by atoms with Crippen LogP contribution in [-0.4, -0.2) is 61.1 Å².